The van der Waals surface area contributed by atoms with E-state index in [2.05, 4.69) is 4.99 Å². The molecule has 0 unspecified atom stereocenters. The van der Waals surface area contributed by atoms with Gasteiger partial charge in [-0.25, -0.2) is 9.79 Å². The van der Waals surface area contributed by atoms with Crippen LogP contribution in [-0.2, 0) is 14.3 Å². The van der Waals surface area contributed by atoms with Crippen molar-refractivity contribution >= 4 is 45.5 Å². The highest BCUT2D eigenvalue weighted by atomic mass is 32.2. The average molecular weight is 442 g/mol. The van der Waals surface area contributed by atoms with Crippen LogP contribution in [0, 0.1) is 0 Å². The first-order chi connectivity index (χ1) is 14.9. The summed E-state index contributed by atoms with van der Waals surface area (Å²) in [6.45, 7) is 3.47. The number of esters is 1. The molecule has 0 bridgehead atoms. The van der Waals surface area contributed by atoms with Gasteiger partial charge in [-0.3, -0.25) is 4.79 Å². The number of benzene rings is 2. The fourth-order valence-corrected chi connectivity index (χ4v) is 4.19. The van der Waals surface area contributed by atoms with Crippen molar-refractivity contribution in [1.29, 1.82) is 0 Å². The molecule has 0 aliphatic carbocycles. The van der Waals surface area contributed by atoms with Gasteiger partial charge in [-0.1, -0.05) is 36.9 Å². The summed E-state index contributed by atoms with van der Waals surface area (Å²) in [7, 11) is 3.17. The SMILES string of the molecule is CCOC(=O)C1=C(O)/C(=C/c2ccc(OC)c3cccc(OC)c23)SC1=NC(=O)CC. The summed E-state index contributed by atoms with van der Waals surface area (Å²) in [4.78, 5) is 28.7. The van der Waals surface area contributed by atoms with Crippen LogP contribution in [0.3, 0.4) is 0 Å². The number of aliphatic hydroxyl groups excluding tert-OH is 1. The van der Waals surface area contributed by atoms with Crippen LogP contribution in [0.25, 0.3) is 16.8 Å². The molecule has 31 heavy (non-hydrogen) atoms. The van der Waals surface area contributed by atoms with Crippen LogP contribution in [0.1, 0.15) is 25.8 Å². The fraction of sp³-hybridized carbons (Fsp3) is 0.261. The second-order valence-corrected chi connectivity index (χ2v) is 7.49. The summed E-state index contributed by atoms with van der Waals surface area (Å²) in [5.74, 6) is -0.0797. The Kier molecular flexibility index (Phi) is 7.02. The molecule has 0 fully saturated rings. The number of hydrogen-bond donors (Lipinski definition) is 1. The zero-order valence-electron chi connectivity index (χ0n) is 17.7. The Morgan fingerprint density at radius 1 is 1.10 bits per heavy atom. The Morgan fingerprint density at radius 2 is 1.84 bits per heavy atom. The van der Waals surface area contributed by atoms with E-state index in [0.717, 1.165) is 28.1 Å². The molecule has 1 heterocycles. The van der Waals surface area contributed by atoms with Crippen molar-refractivity contribution in [1.82, 2.24) is 0 Å². The smallest absolute Gasteiger partial charge is 0.344 e. The average Bonchev–Trinajstić information content (AvgIpc) is 3.07. The first-order valence-electron chi connectivity index (χ1n) is 9.70. The third-order valence-electron chi connectivity index (χ3n) is 4.62. The highest BCUT2D eigenvalue weighted by Crippen LogP contribution is 2.42. The minimum absolute atomic E-state index is 0.107. The molecule has 0 radical (unpaired) electrons. The Balaban J connectivity index is 2.20. The van der Waals surface area contributed by atoms with Crippen molar-refractivity contribution in [2.24, 2.45) is 4.99 Å². The van der Waals surface area contributed by atoms with Crippen LogP contribution < -0.4 is 9.47 Å². The molecule has 0 saturated heterocycles. The van der Waals surface area contributed by atoms with Crippen molar-refractivity contribution in [3.05, 3.63) is 52.1 Å². The van der Waals surface area contributed by atoms with E-state index in [-0.39, 0.29) is 29.4 Å². The topological polar surface area (TPSA) is 94.4 Å². The number of hydrogen-bond acceptors (Lipinski definition) is 7. The van der Waals surface area contributed by atoms with Crippen molar-refractivity contribution in [3.63, 3.8) is 0 Å². The molecule has 1 aliphatic heterocycles. The maximum Gasteiger partial charge on any atom is 0.344 e. The highest BCUT2D eigenvalue weighted by Gasteiger charge is 2.33. The highest BCUT2D eigenvalue weighted by molar-refractivity contribution is 8.18. The van der Waals surface area contributed by atoms with Crippen molar-refractivity contribution in [3.8, 4) is 11.5 Å². The Hall–Kier alpha value is -3.26. The molecule has 3 rings (SSSR count). The second-order valence-electron chi connectivity index (χ2n) is 6.46. The van der Waals surface area contributed by atoms with Gasteiger partial charge in [0.15, 0.2) is 0 Å². The zero-order chi connectivity index (χ0) is 22.5. The molecule has 1 aliphatic rings. The van der Waals surface area contributed by atoms with E-state index in [1.807, 2.05) is 30.3 Å². The largest absolute Gasteiger partial charge is 0.506 e. The van der Waals surface area contributed by atoms with Crippen LogP contribution in [0.5, 0.6) is 11.5 Å². The lowest BCUT2D eigenvalue weighted by molar-refractivity contribution is -0.138. The van der Waals surface area contributed by atoms with Gasteiger partial charge in [-0.05, 0) is 30.7 Å². The van der Waals surface area contributed by atoms with E-state index in [1.54, 1.807) is 34.1 Å². The quantitative estimate of drug-likeness (QED) is 0.652. The number of methoxy groups -OCH3 is 2. The number of carbonyl (C=O) groups is 2. The number of ether oxygens (including phenoxy) is 3. The zero-order valence-corrected chi connectivity index (χ0v) is 18.5. The molecule has 2 aromatic carbocycles. The molecule has 2 aromatic rings. The van der Waals surface area contributed by atoms with Gasteiger partial charge in [0.1, 0.15) is 27.9 Å². The number of carbonyl (C=O) groups excluding carboxylic acids is 2. The van der Waals surface area contributed by atoms with Gasteiger partial charge in [0, 0.05) is 17.2 Å². The number of amides is 1. The van der Waals surface area contributed by atoms with Gasteiger partial charge in [0.25, 0.3) is 0 Å². The van der Waals surface area contributed by atoms with Gasteiger partial charge in [0.05, 0.1) is 25.7 Å². The van der Waals surface area contributed by atoms with Crippen LogP contribution in [0.15, 0.2) is 51.6 Å². The number of aliphatic hydroxyl groups is 1. The van der Waals surface area contributed by atoms with Gasteiger partial charge in [-0.15, -0.1) is 0 Å². The lowest BCUT2D eigenvalue weighted by Crippen LogP contribution is -2.14. The Bertz CT molecular complexity index is 1130. The molecule has 162 valence electrons. The third kappa shape index (κ3) is 4.44. The van der Waals surface area contributed by atoms with Crippen molar-refractivity contribution in [2.75, 3.05) is 20.8 Å². The van der Waals surface area contributed by atoms with Crippen LogP contribution >= 0.6 is 11.8 Å². The van der Waals surface area contributed by atoms with Crippen molar-refractivity contribution in [2.45, 2.75) is 20.3 Å². The van der Waals surface area contributed by atoms with Crippen LogP contribution in [0.4, 0.5) is 0 Å². The minimum atomic E-state index is -0.726. The molecular formula is C23H23NO6S. The third-order valence-corrected chi connectivity index (χ3v) is 5.64. The summed E-state index contributed by atoms with van der Waals surface area (Å²) in [5.41, 5.74) is 0.637. The van der Waals surface area contributed by atoms with E-state index in [1.165, 1.54) is 0 Å². The first kappa shape index (κ1) is 22.4. The standard InChI is InChI=1S/C23H23NO6S/c1-5-18(25)24-22-20(23(27)30-6-2)21(26)17(31-22)12-13-10-11-15(28-3)14-8-7-9-16(29-4)19(13)14/h7-12,26H,5-6H2,1-4H3/b17-12-,24-22?. The van der Waals surface area contributed by atoms with Gasteiger partial charge in [-0.2, -0.15) is 0 Å². The Labute approximate surface area is 184 Å². The van der Waals surface area contributed by atoms with E-state index in [0.29, 0.717) is 16.4 Å². The monoisotopic (exact) mass is 441 g/mol. The molecular weight excluding hydrogens is 418 g/mol. The molecule has 8 heteroatoms. The molecule has 0 atom stereocenters. The van der Waals surface area contributed by atoms with E-state index in [9.17, 15) is 14.7 Å². The fourth-order valence-electron chi connectivity index (χ4n) is 3.17. The Morgan fingerprint density at radius 3 is 2.48 bits per heavy atom. The summed E-state index contributed by atoms with van der Waals surface area (Å²) in [6, 6.07) is 9.25. The van der Waals surface area contributed by atoms with E-state index < -0.39 is 11.9 Å². The number of fused-ring (bicyclic) bond motifs is 1. The number of nitrogens with zero attached hydrogens (tertiary/aromatic N) is 1. The second kappa shape index (κ2) is 9.70. The predicted octanol–water partition coefficient (Wildman–Crippen LogP) is 4.66. The summed E-state index contributed by atoms with van der Waals surface area (Å²) in [6.07, 6.45) is 1.91. The van der Waals surface area contributed by atoms with Crippen LogP contribution in [-0.4, -0.2) is 42.9 Å². The molecule has 1 amide bonds. The van der Waals surface area contributed by atoms with Gasteiger partial charge in [0.2, 0.25) is 5.91 Å². The summed E-state index contributed by atoms with van der Waals surface area (Å²) >= 11 is 1.04. The molecule has 0 aromatic heterocycles. The summed E-state index contributed by atoms with van der Waals surface area (Å²) in [5, 5.41) is 12.6. The minimum Gasteiger partial charge on any atom is -0.506 e. The number of rotatable bonds is 6. The molecule has 0 saturated carbocycles. The first-order valence-corrected chi connectivity index (χ1v) is 10.5. The summed E-state index contributed by atoms with van der Waals surface area (Å²) < 4.78 is 16.0. The predicted molar refractivity (Wildman–Crippen MR) is 122 cm³/mol. The van der Waals surface area contributed by atoms with Crippen molar-refractivity contribution < 1.29 is 28.9 Å². The van der Waals surface area contributed by atoms with E-state index >= 15 is 0 Å². The normalized spacial score (nSPS) is 16.3. The lowest BCUT2D eigenvalue weighted by atomic mass is 10.0. The van der Waals surface area contributed by atoms with E-state index in [4.69, 9.17) is 14.2 Å². The maximum atomic E-state index is 12.4. The van der Waals surface area contributed by atoms with Gasteiger partial charge < -0.3 is 19.3 Å². The molecule has 7 nitrogen and oxygen atoms in total. The molecule has 1 N–H and O–H groups in total. The molecule has 0 spiro atoms. The number of thioether (sulfide) groups is 1. The van der Waals surface area contributed by atoms with Gasteiger partial charge >= 0.3 is 5.97 Å². The lowest BCUT2D eigenvalue weighted by Gasteiger charge is -2.12. The number of aliphatic imine (C=N–C) groups is 1. The van der Waals surface area contributed by atoms with Crippen LogP contribution in [0.2, 0.25) is 0 Å². The maximum absolute atomic E-state index is 12.4.